The number of amides is 2. The lowest BCUT2D eigenvalue weighted by molar-refractivity contribution is 0.253. The molecule has 96 valence electrons. The maximum absolute atomic E-state index is 11.5. The van der Waals surface area contributed by atoms with Crippen LogP contribution in [0, 0.1) is 19.3 Å². The molecule has 1 rings (SSSR count). The Morgan fingerprint density at radius 3 is 2.83 bits per heavy atom. The maximum Gasteiger partial charge on any atom is 0.320 e. The lowest BCUT2D eigenvalue weighted by Gasteiger charge is -2.10. The molecule has 0 saturated heterocycles. The topological polar surface area (TPSA) is 41.1 Å². The van der Waals surface area contributed by atoms with E-state index in [1.165, 1.54) is 18.4 Å². The van der Waals surface area contributed by atoms with E-state index in [2.05, 4.69) is 35.6 Å². The zero-order valence-electron chi connectivity index (χ0n) is 11.0. The third-order valence-electron chi connectivity index (χ3n) is 2.71. The molecule has 0 saturated carbocycles. The molecule has 1 aromatic rings. The van der Waals surface area contributed by atoms with E-state index in [-0.39, 0.29) is 12.6 Å². The highest BCUT2D eigenvalue weighted by atomic mass is 16.2. The molecule has 0 heterocycles. The van der Waals surface area contributed by atoms with Gasteiger partial charge in [0.2, 0.25) is 0 Å². The Labute approximate surface area is 109 Å². The lowest BCUT2D eigenvalue weighted by Crippen LogP contribution is -2.29. The zero-order chi connectivity index (χ0) is 13.4. The Balaban J connectivity index is 2.62. The monoisotopic (exact) mass is 244 g/mol. The fourth-order valence-corrected chi connectivity index (χ4v) is 1.70. The highest BCUT2D eigenvalue weighted by molar-refractivity contribution is 5.90. The Bertz CT molecular complexity index is 446. The summed E-state index contributed by atoms with van der Waals surface area (Å²) in [5.41, 5.74) is 3.20. The molecule has 0 unspecified atom stereocenters. The van der Waals surface area contributed by atoms with Crippen LogP contribution in [0.25, 0.3) is 0 Å². The fraction of sp³-hybridized carbons (Fsp3) is 0.400. The number of rotatable bonds is 5. The van der Waals surface area contributed by atoms with Gasteiger partial charge in [-0.15, -0.1) is 6.42 Å². The van der Waals surface area contributed by atoms with Crippen molar-refractivity contribution in [1.29, 1.82) is 0 Å². The molecule has 0 aromatic heterocycles. The van der Waals surface area contributed by atoms with Gasteiger partial charge in [0.1, 0.15) is 0 Å². The van der Waals surface area contributed by atoms with Crippen LogP contribution < -0.4 is 10.6 Å². The van der Waals surface area contributed by atoms with Crippen molar-refractivity contribution in [2.24, 2.45) is 0 Å². The van der Waals surface area contributed by atoms with Gasteiger partial charge in [0, 0.05) is 5.69 Å². The predicted molar refractivity (Wildman–Crippen MR) is 75.6 cm³/mol. The predicted octanol–water partition coefficient (Wildman–Crippen LogP) is 3.09. The minimum Gasteiger partial charge on any atom is -0.327 e. The molecule has 2 N–H and O–H groups in total. The Kier molecular flexibility index (Phi) is 5.79. The number of hydrogen-bond donors (Lipinski definition) is 2. The second-order valence-corrected chi connectivity index (χ2v) is 4.26. The van der Waals surface area contributed by atoms with Crippen molar-refractivity contribution in [1.82, 2.24) is 5.32 Å². The second-order valence-electron chi connectivity index (χ2n) is 4.26. The quantitative estimate of drug-likeness (QED) is 0.768. The van der Waals surface area contributed by atoms with E-state index in [0.717, 1.165) is 17.7 Å². The summed E-state index contributed by atoms with van der Waals surface area (Å²) in [5, 5.41) is 5.35. The largest absolute Gasteiger partial charge is 0.327 e. The van der Waals surface area contributed by atoms with Gasteiger partial charge in [-0.25, -0.2) is 4.79 Å². The van der Waals surface area contributed by atoms with Gasteiger partial charge in [0.15, 0.2) is 0 Å². The van der Waals surface area contributed by atoms with Gasteiger partial charge in [-0.05, 0) is 37.0 Å². The van der Waals surface area contributed by atoms with Gasteiger partial charge in [-0.3, -0.25) is 0 Å². The number of anilines is 1. The number of aryl methyl sites for hydroxylation is 2. The summed E-state index contributed by atoms with van der Waals surface area (Å²) in [5.74, 6) is 2.36. The SMILES string of the molecule is C#CCNC(=O)Nc1ccc(CCCC)cc1C. The molecule has 2 amide bonds. The van der Waals surface area contributed by atoms with E-state index >= 15 is 0 Å². The normalized spacial score (nSPS) is 9.61. The van der Waals surface area contributed by atoms with Crippen LogP contribution in [0.3, 0.4) is 0 Å². The summed E-state index contributed by atoms with van der Waals surface area (Å²) < 4.78 is 0. The molecule has 0 radical (unpaired) electrons. The second kappa shape index (κ2) is 7.39. The number of unbranched alkanes of at least 4 members (excludes halogenated alkanes) is 1. The van der Waals surface area contributed by atoms with Crippen LogP contribution in [0.2, 0.25) is 0 Å². The number of urea groups is 1. The van der Waals surface area contributed by atoms with Crippen molar-refractivity contribution in [3.05, 3.63) is 29.3 Å². The van der Waals surface area contributed by atoms with Crippen LogP contribution in [0.15, 0.2) is 18.2 Å². The van der Waals surface area contributed by atoms with Crippen molar-refractivity contribution >= 4 is 11.7 Å². The van der Waals surface area contributed by atoms with E-state index in [1.54, 1.807) is 0 Å². The van der Waals surface area contributed by atoms with E-state index in [9.17, 15) is 4.79 Å². The zero-order valence-corrected chi connectivity index (χ0v) is 11.0. The first kappa shape index (κ1) is 14.1. The van der Waals surface area contributed by atoms with Crippen LogP contribution in [0.1, 0.15) is 30.9 Å². The molecule has 18 heavy (non-hydrogen) atoms. The van der Waals surface area contributed by atoms with Crippen molar-refractivity contribution < 1.29 is 4.79 Å². The molecule has 0 aliphatic rings. The summed E-state index contributed by atoms with van der Waals surface area (Å²) in [6.45, 7) is 4.41. The number of carbonyl (C=O) groups is 1. The van der Waals surface area contributed by atoms with E-state index in [4.69, 9.17) is 6.42 Å². The minimum atomic E-state index is -0.266. The molecular formula is C15H20N2O. The summed E-state index contributed by atoms with van der Waals surface area (Å²) in [6, 6.07) is 5.85. The Morgan fingerprint density at radius 2 is 2.22 bits per heavy atom. The van der Waals surface area contributed by atoms with Gasteiger partial charge < -0.3 is 10.6 Å². The fourth-order valence-electron chi connectivity index (χ4n) is 1.70. The van der Waals surface area contributed by atoms with Gasteiger partial charge in [-0.2, -0.15) is 0 Å². The standard InChI is InChI=1S/C15H20N2O/c1-4-6-7-13-8-9-14(12(3)11-13)17-15(18)16-10-5-2/h2,8-9,11H,4,6-7,10H2,1,3H3,(H2,16,17,18). The minimum absolute atomic E-state index is 0.236. The first-order chi connectivity index (χ1) is 8.67. The third-order valence-corrected chi connectivity index (χ3v) is 2.71. The highest BCUT2D eigenvalue weighted by Gasteiger charge is 2.04. The molecule has 0 bridgehead atoms. The number of carbonyl (C=O) groups excluding carboxylic acids is 1. The van der Waals surface area contributed by atoms with Crippen molar-refractivity contribution in [2.75, 3.05) is 11.9 Å². The molecule has 0 spiro atoms. The van der Waals surface area contributed by atoms with Gasteiger partial charge in [-0.1, -0.05) is 31.4 Å². The lowest BCUT2D eigenvalue weighted by atomic mass is 10.0. The van der Waals surface area contributed by atoms with Crippen LogP contribution in [-0.4, -0.2) is 12.6 Å². The number of benzene rings is 1. The van der Waals surface area contributed by atoms with Crippen LogP contribution >= 0.6 is 0 Å². The highest BCUT2D eigenvalue weighted by Crippen LogP contribution is 2.17. The Hall–Kier alpha value is -1.95. The van der Waals surface area contributed by atoms with Gasteiger partial charge in [0.05, 0.1) is 6.54 Å². The summed E-state index contributed by atoms with van der Waals surface area (Å²) in [6.07, 6.45) is 8.54. The average Bonchev–Trinajstić information content (AvgIpc) is 2.36. The molecule has 0 fully saturated rings. The van der Waals surface area contributed by atoms with Crippen molar-refractivity contribution in [3.63, 3.8) is 0 Å². The molecular weight excluding hydrogens is 224 g/mol. The molecule has 0 atom stereocenters. The number of terminal acetylenes is 1. The van der Waals surface area contributed by atoms with Gasteiger partial charge >= 0.3 is 6.03 Å². The van der Waals surface area contributed by atoms with Crippen molar-refractivity contribution in [2.45, 2.75) is 33.1 Å². The third kappa shape index (κ3) is 4.50. The first-order valence-electron chi connectivity index (χ1n) is 6.25. The molecule has 0 aliphatic heterocycles. The number of hydrogen-bond acceptors (Lipinski definition) is 1. The van der Waals surface area contributed by atoms with Crippen LogP contribution in [0.5, 0.6) is 0 Å². The van der Waals surface area contributed by atoms with Crippen LogP contribution in [0.4, 0.5) is 10.5 Å². The van der Waals surface area contributed by atoms with Crippen LogP contribution in [-0.2, 0) is 6.42 Å². The van der Waals surface area contributed by atoms with Gasteiger partial charge in [0.25, 0.3) is 0 Å². The molecule has 1 aromatic carbocycles. The Morgan fingerprint density at radius 1 is 1.44 bits per heavy atom. The van der Waals surface area contributed by atoms with E-state index < -0.39 is 0 Å². The van der Waals surface area contributed by atoms with E-state index in [1.807, 2.05) is 13.0 Å². The van der Waals surface area contributed by atoms with Crippen molar-refractivity contribution in [3.8, 4) is 12.3 Å². The summed E-state index contributed by atoms with van der Waals surface area (Å²) in [7, 11) is 0. The van der Waals surface area contributed by atoms with E-state index in [0.29, 0.717) is 0 Å². The molecule has 0 aliphatic carbocycles. The summed E-state index contributed by atoms with van der Waals surface area (Å²) >= 11 is 0. The first-order valence-corrected chi connectivity index (χ1v) is 6.25. The number of nitrogens with one attached hydrogen (secondary N) is 2. The average molecular weight is 244 g/mol. The molecule has 3 nitrogen and oxygen atoms in total. The maximum atomic E-state index is 11.5. The smallest absolute Gasteiger partial charge is 0.320 e. The molecule has 3 heteroatoms. The summed E-state index contributed by atoms with van der Waals surface area (Å²) in [4.78, 5) is 11.5.